The Balaban J connectivity index is 1.49. The first-order valence-corrected chi connectivity index (χ1v) is 10.1. The molecule has 3 aromatic rings. The number of carbonyl (C=O) groups excluding carboxylic acids is 2. The lowest BCUT2D eigenvalue weighted by Crippen LogP contribution is -2.34. The summed E-state index contributed by atoms with van der Waals surface area (Å²) in [5, 5.41) is 8.62. The lowest BCUT2D eigenvalue weighted by molar-refractivity contribution is -0.116. The van der Waals surface area contributed by atoms with Crippen LogP contribution in [-0.2, 0) is 11.2 Å². The zero-order valence-corrected chi connectivity index (χ0v) is 17.9. The van der Waals surface area contributed by atoms with E-state index in [4.69, 9.17) is 17.0 Å². The van der Waals surface area contributed by atoms with Crippen molar-refractivity contribution in [2.75, 3.05) is 17.7 Å². The molecule has 0 spiro atoms. The normalized spacial score (nSPS) is 10.1. The summed E-state index contributed by atoms with van der Waals surface area (Å²) in [6, 6.07) is 23.9. The van der Waals surface area contributed by atoms with E-state index in [2.05, 4.69) is 16.0 Å². The largest absolute Gasteiger partial charge is 0.496 e. The van der Waals surface area contributed by atoms with E-state index in [1.807, 2.05) is 30.3 Å². The Morgan fingerprint density at radius 2 is 1.45 bits per heavy atom. The summed E-state index contributed by atoms with van der Waals surface area (Å²) in [5.41, 5.74) is 2.89. The van der Waals surface area contributed by atoms with Crippen molar-refractivity contribution in [1.29, 1.82) is 0 Å². The van der Waals surface area contributed by atoms with Gasteiger partial charge in [-0.2, -0.15) is 0 Å². The molecule has 3 N–H and O–H groups in total. The van der Waals surface area contributed by atoms with Crippen LogP contribution in [0.1, 0.15) is 22.3 Å². The van der Waals surface area contributed by atoms with Crippen LogP contribution in [0.3, 0.4) is 0 Å². The number of aryl methyl sites for hydroxylation is 1. The third kappa shape index (κ3) is 6.65. The molecular formula is C24H23N3O3S. The number of ether oxygens (including phenoxy) is 1. The molecule has 0 aromatic heterocycles. The number of amides is 2. The number of thiocarbonyl (C=S) groups is 1. The molecule has 0 aliphatic heterocycles. The average molecular weight is 434 g/mol. The van der Waals surface area contributed by atoms with Gasteiger partial charge in [-0.25, -0.2) is 0 Å². The van der Waals surface area contributed by atoms with Gasteiger partial charge in [0.25, 0.3) is 5.91 Å². The highest BCUT2D eigenvalue weighted by atomic mass is 32.1. The van der Waals surface area contributed by atoms with Gasteiger partial charge in [0, 0.05) is 17.8 Å². The van der Waals surface area contributed by atoms with Crippen molar-refractivity contribution in [2.45, 2.75) is 12.8 Å². The summed E-state index contributed by atoms with van der Waals surface area (Å²) in [6.07, 6.45) is 1.09. The molecule has 0 aliphatic rings. The summed E-state index contributed by atoms with van der Waals surface area (Å²) >= 11 is 5.22. The molecule has 0 saturated heterocycles. The monoisotopic (exact) mass is 433 g/mol. The first-order chi connectivity index (χ1) is 15.0. The molecule has 3 aromatic carbocycles. The van der Waals surface area contributed by atoms with Crippen molar-refractivity contribution in [3.05, 3.63) is 90.0 Å². The molecule has 6 nitrogen and oxygen atoms in total. The fraction of sp³-hybridized carbons (Fsp3) is 0.125. The maximum Gasteiger partial charge on any atom is 0.261 e. The highest BCUT2D eigenvalue weighted by molar-refractivity contribution is 7.80. The predicted molar refractivity (Wildman–Crippen MR) is 127 cm³/mol. The van der Waals surface area contributed by atoms with E-state index in [0.717, 1.165) is 5.56 Å². The Hall–Kier alpha value is -3.71. The van der Waals surface area contributed by atoms with E-state index in [-0.39, 0.29) is 16.9 Å². The predicted octanol–water partition coefficient (Wildman–Crippen LogP) is 4.39. The molecule has 0 radical (unpaired) electrons. The Kier molecular flexibility index (Phi) is 7.73. The van der Waals surface area contributed by atoms with Gasteiger partial charge in [0.05, 0.1) is 12.7 Å². The van der Waals surface area contributed by atoms with E-state index in [1.54, 1.807) is 48.5 Å². The lowest BCUT2D eigenvalue weighted by atomic mass is 10.1. The second kappa shape index (κ2) is 10.9. The maximum absolute atomic E-state index is 12.4. The van der Waals surface area contributed by atoms with Crippen molar-refractivity contribution in [3.8, 4) is 5.75 Å². The van der Waals surface area contributed by atoms with Crippen molar-refractivity contribution < 1.29 is 14.3 Å². The van der Waals surface area contributed by atoms with Crippen LogP contribution in [0, 0.1) is 0 Å². The van der Waals surface area contributed by atoms with E-state index >= 15 is 0 Å². The molecule has 0 fully saturated rings. The molecule has 0 saturated carbocycles. The summed E-state index contributed by atoms with van der Waals surface area (Å²) < 4.78 is 5.19. The van der Waals surface area contributed by atoms with Crippen LogP contribution in [0.5, 0.6) is 5.75 Å². The summed E-state index contributed by atoms with van der Waals surface area (Å²) in [6.45, 7) is 0. The van der Waals surface area contributed by atoms with Crippen LogP contribution in [0.4, 0.5) is 11.4 Å². The highest BCUT2D eigenvalue weighted by Crippen LogP contribution is 2.17. The van der Waals surface area contributed by atoms with Gasteiger partial charge in [0.1, 0.15) is 5.75 Å². The molecule has 158 valence electrons. The fourth-order valence-corrected chi connectivity index (χ4v) is 3.14. The lowest BCUT2D eigenvalue weighted by Gasteiger charge is -2.12. The number of para-hydroxylation sites is 1. The van der Waals surface area contributed by atoms with Gasteiger partial charge >= 0.3 is 0 Å². The maximum atomic E-state index is 12.4. The van der Waals surface area contributed by atoms with Crippen LogP contribution in [0.2, 0.25) is 0 Å². The van der Waals surface area contributed by atoms with E-state index in [0.29, 0.717) is 35.5 Å². The van der Waals surface area contributed by atoms with E-state index < -0.39 is 0 Å². The first kappa shape index (κ1) is 22.0. The zero-order valence-electron chi connectivity index (χ0n) is 17.1. The fourth-order valence-electron chi connectivity index (χ4n) is 2.93. The van der Waals surface area contributed by atoms with Gasteiger partial charge in [0.2, 0.25) is 5.91 Å². The smallest absolute Gasteiger partial charge is 0.261 e. The Morgan fingerprint density at radius 1 is 0.839 bits per heavy atom. The van der Waals surface area contributed by atoms with Crippen LogP contribution < -0.4 is 20.7 Å². The number of hydrogen-bond donors (Lipinski definition) is 3. The van der Waals surface area contributed by atoms with Gasteiger partial charge in [0.15, 0.2) is 5.11 Å². The van der Waals surface area contributed by atoms with E-state index in [9.17, 15) is 9.59 Å². The van der Waals surface area contributed by atoms with Gasteiger partial charge < -0.3 is 15.4 Å². The third-order valence-corrected chi connectivity index (χ3v) is 4.69. The van der Waals surface area contributed by atoms with Gasteiger partial charge in [-0.05, 0) is 60.6 Å². The van der Waals surface area contributed by atoms with Crippen molar-refractivity contribution in [3.63, 3.8) is 0 Å². The van der Waals surface area contributed by atoms with Crippen LogP contribution in [-0.4, -0.2) is 24.0 Å². The molecule has 0 aliphatic carbocycles. The Labute approximate surface area is 186 Å². The summed E-state index contributed by atoms with van der Waals surface area (Å²) in [7, 11) is 1.50. The molecular weight excluding hydrogens is 410 g/mol. The molecule has 0 atom stereocenters. The molecule has 2 amide bonds. The number of carbonyl (C=O) groups is 2. The molecule has 0 unspecified atom stereocenters. The van der Waals surface area contributed by atoms with Crippen molar-refractivity contribution in [2.24, 2.45) is 0 Å². The number of rotatable bonds is 7. The minimum atomic E-state index is -0.364. The van der Waals surface area contributed by atoms with Crippen LogP contribution in [0.25, 0.3) is 0 Å². The first-order valence-electron chi connectivity index (χ1n) is 9.74. The zero-order chi connectivity index (χ0) is 22.1. The Morgan fingerprint density at radius 3 is 2.13 bits per heavy atom. The van der Waals surface area contributed by atoms with Gasteiger partial charge in [-0.1, -0.05) is 42.5 Å². The van der Waals surface area contributed by atoms with Crippen molar-refractivity contribution in [1.82, 2.24) is 5.32 Å². The number of nitrogens with one attached hydrogen (secondary N) is 3. The minimum absolute atomic E-state index is 0.0517. The number of hydrogen-bond acceptors (Lipinski definition) is 4. The third-order valence-electron chi connectivity index (χ3n) is 4.49. The SMILES string of the molecule is COc1ccccc1C(=O)NC(=S)Nc1ccc(NC(=O)CCc2ccccc2)cc1. The standard InChI is InChI=1S/C24H23N3O3S/c1-30-21-10-6-5-9-20(21)23(29)27-24(31)26-19-14-12-18(13-15-19)25-22(28)16-11-17-7-3-2-4-8-17/h2-10,12-15H,11,16H2,1H3,(H,25,28)(H2,26,27,29,31). The topological polar surface area (TPSA) is 79.5 Å². The summed E-state index contributed by atoms with van der Waals surface area (Å²) in [5.74, 6) is 0.0524. The van der Waals surface area contributed by atoms with Crippen LogP contribution >= 0.6 is 12.2 Å². The molecule has 7 heteroatoms. The van der Waals surface area contributed by atoms with Crippen LogP contribution in [0.15, 0.2) is 78.9 Å². The molecule has 31 heavy (non-hydrogen) atoms. The quantitative estimate of drug-likeness (QED) is 0.482. The molecule has 3 rings (SSSR count). The highest BCUT2D eigenvalue weighted by Gasteiger charge is 2.13. The van der Waals surface area contributed by atoms with Crippen molar-refractivity contribution >= 4 is 40.5 Å². The second-order valence-electron chi connectivity index (χ2n) is 6.72. The second-order valence-corrected chi connectivity index (χ2v) is 7.13. The van der Waals surface area contributed by atoms with Gasteiger partial charge in [-0.3, -0.25) is 14.9 Å². The number of anilines is 2. The van der Waals surface area contributed by atoms with E-state index in [1.165, 1.54) is 7.11 Å². The Bertz CT molecular complexity index is 1050. The average Bonchev–Trinajstić information content (AvgIpc) is 2.79. The number of benzene rings is 3. The molecule has 0 bridgehead atoms. The minimum Gasteiger partial charge on any atom is -0.496 e. The number of methoxy groups -OCH3 is 1. The van der Waals surface area contributed by atoms with Gasteiger partial charge in [-0.15, -0.1) is 0 Å². The summed E-state index contributed by atoms with van der Waals surface area (Å²) in [4.78, 5) is 24.5. The molecule has 0 heterocycles.